The highest BCUT2D eigenvalue weighted by atomic mass is 16.3. The highest BCUT2D eigenvalue weighted by molar-refractivity contribution is 6.11. The molecule has 1 spiro atoms. The Morgan fingerprint density at radius 2 is 1.92 bits per heavy atom. The van der Waals surface area contributed by atoms with E-state index in [4.69, 9.17) is 0 Å². The van der Waals surface area contributed by atoms with Crippen molar-refractivity contribution in [2.24, 2.45) is 17.3 Å². The van der Waals surface area contributed by atoms with E-state index in [9.17, 15) is 19.8 Å². The number of aromatic hydroxyl groups is 2. The van der Waals surface area contributed by atoms with Gasteiger partial charge in [-0.2, -0.15) is 0 Å². The van der Waals surface area contributed by atoms with Gasteiger partial charge in [-0.3, -0.25) is 9.59 Å². The molecule has 0 aliphatic heterocycles. The summed E-state index contributed by atoms with van der Waals surface area (Å²) in [6, 6.07) is 2.91. The predicted molar refractivity (Wildman–Crippen MR) is 96.0 cm³/mol. The number of allylic oxidation sites excluding steroid dienone is 3. The van der Waals surface area contributed by atoms with Crippen LogP contribution in [0, 0.1) is 17.3 Å². The molecule has 4 aliphatic rings. The van der Waals surface area contributed by atoms with Gasteiger partial charge in [-0.25, -0.2) is 0 Å². The van der Waals surface area contributed by atoms with Gasteiger partial charge in [-0.05, 0) is 44.7 Å². The van der Waals surface area contributed by atoms with E-state index in [2.05, 4.69) is 6.58 Å². The number of benzene rings is 1. The lowest BCUT2D eigenvalue weighted by Gasteiger charge is -2.49. The molecule has 0 amide bonds. The van der Waals surface area contributed by atoms with E-state index < -0.39 is 10.8 Å². The quantitative estimate of drug-likeness (QED) is 0.600. The number of hydrogen-bond acceptors (Lipinski definition) is 4. The van der Waals surface area contributed by atoms with Crippen molar-refractivity contribution in [1.82, 2.24) is 0 Å². The first-order valence-corrected chi connectivity index (χ1v) is 9.21. The third-order valence-corrected chi connectivity index (χ3v) is 7.54. The molecule has 5 rings (SSSR count). The summed E-state index contributed by atoms with van der Waals surface area (Å²) in [6.45, 7) is 7.98. The van der Waals surface area contributed by atoms with E-state index >= 15 is 0 Å². The molecule has 1 aromatic rings. The Morgan fingerprint density at radius 3 is 2.62 bits per heavy atom. The Labute approximate surface area is 152 Å². The molecule has 2 saturated carbocycles. The fourth-order valence-electron chi connectivity index (χ4n) is 6.71. The second kappa shape index (κ2) is 4.48. The van der Waals surface area contributed by atoms with Crippen LogP contribution in [-0.2, 0) is 15.0 Å². The summed E-state index contributed by atoms with van der Waals surface area (Å²) in [4.78, 5) is 27.2. The highest BCUT2D eigenvalue weighted by Gasteiger charge is 2.78. The molecule has 4 bridgehead atoms. The maximum atomic E-state index is 13.7. The first-order valence-electron chi connectivity index (χ1n) is 9.21. The van der Waals surface area contributed by atoms with Gasteiger partial charge >= 0.3 is 0 Å². The number of phenols is 2. The van der Waals surface area contributed by atoms with Crippen LogP contribution in [0.15, 0.2) is 35.9 Å². The average Bonchev–Trinajstić information content (AvgIpc) is 2.87. The lowest BCUT2D eigenvalue weighted by molar-refractivity contribution is -0.148. The summed E-state index contributed by atoms with van der Waals surface area (Å²) in [5.41, 5.74) is 1.10. The topological polar surface area (TPSA) is 74.6 Å². The zero-order valence-electron chi connectivity index (χ0n) is 15.0. The molecule has 134 valence electrons. The Hall–Kier alpha value is -2.36. The molecule has 0 saturated heterocycles. The van der Waals surface area contributed by atoms with Gasteiger partial charge in [0.25, 0.3) is 0 Å². The third kappa shape index (κ3) is 1.38. The summed E-state index contributed by atoms with van der Waals surface area (Å²) in [6.07, 6.45) is 3.25. The van der Waals surface area contributed by atoms with E-state index in [1.54, 1.807) is 0 Å². The molecule has 0 heterocycles. The van der Waals surface area contributed by atoms with E-state index in [-0.39, 0.29) is 47.2 Å². The van der Waals surface area contributed by atoms with Gasteiger partial charge in [-0.15, -0.1) is 0 Å². The smallest absolute Gasteiger partial charge is 0.145 e. The highest BCUT2D eigenvalue weighted by Crippen LogP contribution is 2.76. The van der Waals surface area contributed by atoms with Gasteiger partial charge < -0.3 is 10.2 Å². The number of carbonyl (C=O) groups is 2. The van der Waals surface area contributed by atoms with Crippen LogP contribution in [0.3, 0.4) is 0 Å². The number of carbonyl (C=O) groups excluding carboxylic acids is 2. The molecular weight excluding hydrogens is 328 g/mol. The number of hydrogen-bond donors (Lipinski definition) is 2. The third-order valence-electron chi connectivity index (χ3n) is 7.54. The summed E-state index contributed by atoms with van der Waals surface area (Å²) >= 11 is 0. The van der Waals surface area contributed by atoms with Crippen molar-refractivity contribution < 1.29 is 19.8 Å². The summed E-state index contributed by atoms with van der Waals surface area (Å²) in [5, 5.41) is 21.3. The van der Waals surface area contributed by atoms with E-state index in [0.29, 0.717) is 24.0 Å². The first-order chi connectivity index (χ1) is 12.3. The number of rotatable bonds is 1. The predicted octanol–water partition coefficient (Wildman–Crippen LogP) is 3.52. The molecule has 0 radical (unpaired) electrons. The van der Waals surface area contributed by atoms with Crippen LogP contribution in [0.1, 0.15) is 50.2 Å². The van der Waals surface area contributed by atoms with E-state index in [1.165, 1.54) is 12.1 Å². The second-order valence-electron chi connectivity index (χ2n) is 8.69. The number of phenolic OH excluding ortho intramolecular Hbond substituents is 2. The second-order valence-corrected chi connectivity index (χ2v) is 8.69. The van der Waals surface area contributed by atoms with Crippen molar-refractivity contribution in [1.29, 1.82) is 0 Å². The number of Topliss-reactive ketones (excluding diaryl/α,β-unsaturated/α-hetero) is 2. The summed E-state index contributed by atoms with van der Waals surface area (Å²) in [5.74, 6) is -0.463. The van der Waals surface area contributed by atoms with Crippen molar-refractivity contribution in [2.75, 3.05) is 0 Å². The molecule has 5 atom stereocenters. The van der Waals surface area contributed by atoms with Gasteiger partial charge in [0.05, 0.1) is 10.8 Å². The Balaban J connectivity index is 1.92. The molecular formula is C22H22O4. The Bertz CT molecular complexity index is 955. The van der Waals surface area contributed by atoms with E-state index in [1.807, 2.05) is 19.9 Å². The molecule has 26 heavy (non-hydrogen) atoms. The largest absolute Gasteiger partial charge is 0.508 e. The lowest BCUT2D eigenvalue weighted by atomic mass is 9.49. The minimum atomic E-state index is -1.05. The molecule has 4 nitrogen and oxygen atoms in total. The van der Waals surface area contributed by atoms with Crippen molar-refractivity contribution in [2.45, 2.75) is 44.4 Å². The van der Waals surface area contributed by atoms with Gasteiger partial charge in [0, 0.05) is 29.4 Å². The minimum Gasteiger partial charge on any atom is -0.508 e. The zero-order valence-corrected chi connectivity index (χ0v) is 15.0. The fourth-order valence-corrected chi connectivity index (χ4v) is 6.71. The van der Waals surface area contributed by atoms with E-state index in [0.717, 1.165) is 11.1 Å². The fraction of sp³-hybridized carbons (Fsp3) is 0.455. The number of ketones is 2. The molecule has 0 aromatic heterocycles. The van der Waals surface area contributed by atoms with Crippen LogP contribution in [0.2, 0.25) is 0 Å². The van der Waals surface area contributed by atoms with Crippen LogP contribution in [-0.4, -0.2) is 21.8 Å². The number of fused-ring (bicyclic) bond motifs is 3. The maximum Gasteiger partial charge on any atom is 0.145 e. The van der Waals surface area contributed by atoms with Crippen LogP contribution < -0.4 is 0 Å². The first kappa shape index (κ1) is 15.9. The monoisotopic (exact) mass is 350 g/mol. The van der Waals surface area contributed by atoms with Crippen LogP contribution in [0.25, 0.3) is 0 Å². The Morgan fingerprint density at radius 1 is 1.23 bits per heavy atom. The maximum absolute atomic E-state index is 13.7. The lowest BCUT2D eigenvalue weighted by Crippen LogP contribution is -2.58. The average molecular weight is 350 g/mol. The van der Waals surface area contributed by atoms with Gasteiger partial charge in [0.1, 0.15) is 23.1 Å². The Kier molecular flexibility index (Phi) is 2.73. The molecule has 1 unspecified atom stereocenters. The normalized spacial score (nSPS) is 39.5. The van der Waals surface area contributed by atoms with Gasteiger partial charge in [0.15, 0.2) is 0 Å². The minimum absolute atomic E-state index is 0.0128. The van der Waals surface area contributed by atoms with Crippen molar-refractivity contribution in [3.8, 4) is 11.5 Å². The zero-order chi connectivity index (χ0) is 18.6. The van der Waals surface area contributed by atoms with Gasteiger partial charge in [0.2, 0.25) is 0 Å². The summed E-state index contributed by atoms with van der Waals surface area (Å²) < 4.78 is 0. The van der Waals surface area contributed by atoms with Crippen molar-refractivity contribution >= 4 is 11.6 Å². The van der Waals surface area contributed by atoms with Crippen LogP contribution in [0.4, 0.5) is 0 Å². The SMILES string of the molecule is C=C(C)C1C[C@]23C(=O)[C@H]1CC(=O)[C@]21CC(C)=C[C@H]3c2c(O)ccc(O)c21. The van der Waals surface area contributed by atoms with Crippen molar-refractivity contribution in [3.05, 3.63) is 47.1 Å². The molecule has 4 heteroatoms. The van der Waals surface area contributed by atoms with Crippen molar-refractivity contribution in [3.63, 3.8) is 0 Å². The molecule has 2 N–H and O–H groups in total. The molecule has 1 aromatic carbocycles. The summed E-state index contributed by atoms with van der Waals surface area (Å²) in [7, 11) is 0. The molecule has 4 aliphatic carbocycles. The standard InChI is InChI=1S/C22H22O4/c1-10(2)13-9-21-14-6-11(3)8-22(21,17(25)7-12(13)20(21)26)19-16(24)5-4-15(23)18(14)19/h4-6,12-14,23-24H,1,7-9H2,2-3H3/t12-,13?,14-,21-,22-/m0/s1. The molecule has 2 fully saturated rings. The van der Waals surface area contributed by atoms with Crippen LogP contribution in [0.5, 0.6) is 11.5 Å². The van der Waals surface area contributed by atoms with Crippen LogP contribution >= 0.6 is 0 Å². The van der Waals surface area contributed by atoms with Gasteiger partial charge in [-0.1, -0.05) is 23.8 Å².